The maximum Gasteiger partial charge on any atom is 0.0992 e. The van der Waals surface area contributed by atoms with E-state index in [2.05, 4.69) is 44.3 Å². The fourth-order valence-corrected chi connectivity index (χ4v) is 2.92. The Morgan fingerprint density at radius 1 is 1.32 bits per heavy atom. The van der Waals surface area contributed by atoms with Gasteiger partial charge in [0.2, 0.25) is 0 Å². The van der Waals surface area contributed by atoms with Crippen molar-refractivity contribution in [1.29, 1.82) is 5.26 Å². The lowest BCUT2D eigenvalue weighted by atomic mass is 10.1. The highest BCUT2D eigenvalue weighted by Crippen LogP contribution is 2.28. The third-order valence-corrected chi connectivity index (χ3v) is 4.61. The monoisotopic (exact) mass is 270 g/mol. The number of hydrogen-bond acceptors (Lipinski definition) is 3. The van der Waals surface area contributed by atoms with Crippen LogP contribution in [0.25, 0.3) is 0 Å². The Labute approximate surface area is 118 Å². The number of thiophene rings is 1. The van der Waals surface area contributed by atoms with Crippen LogP contribution in [0.1, 0.15) is 40.8 Å². The minimum Gasteiger partial charge on any atom is -0.377 e. The van der Waals surface area contributed by atoms with Crippen molar-refractivity contribution in [3.05, 3.63) is 51.2 Å². The summed E-state index contributed by atoms with van der Waals surface area (Å²) in [6.45, 7) is 6.39. The van der Waals surface area contributed by atoms with E-state index in [1.807, 2.05) is 29.5 Å². The number of nitrogens with one attached hydrogen (secondary N) is 1. The van der Waals surface area contributed by atoms with Gasteiger partial charge in [-0.15, -0.1) is 11.3 Å². The molecule has 3 heteroatoms. The van der Waals surface area contributed by atoms with Gasteiger partial charge in [0.1, 0.15) is 0 Å². The largest absolute Gasteiger partial charge is 0.377 e. The molecule has 19 heavy (non-hydrogen) atoms. The first-order chi connectivity index (χ1) is 9.13. The van der Waals surface area contributed by atoms with Crippen molar-refractivity contribution in [1.82, 2.24) is 0 Å². The van der Waals surface area contributed by atoms with Gasteiger partial charge in [-0.1, -0.05) is 13.0 Å². The normalized spacial score (nSPS) is 11.9. The lowest BCUT2D eigenvalue weighted by Gasteiger charge is -2.16. The molecule has 1 unspecified atom stereocenters. The third-order valence-electron chi connectivity index (χ3n) is 3.20. The molecule has 1 atom stereocenters. The summed E-state index contributed by atoms with van der Waals surface area (Å²) in [4.78, 5) is 2.74. The zero-order valence-corrected chi connectivity index (χ0v) is 12.3. The van der Waals surface area contributed by atoms with Gasteiger partial charge >= 0.3 is 0 Å². The van der Waals surface area contributed by atoms with E-state index in [1.165, 1.54) is 9.75 Å². The Morgan fingerprint density at radius 3 is 2.74 bits per heavy atom. The Kier molecular flexibility index (Phi) is 4.24. The zero-order valence-electron chi connectivity index (χ0n) is 11.5. The predicted molar refractivity (Wildman–Crippen MR) is 81.6 cm³/mol. The molecule has 98 valence electrons. The molecular weight excluding hydrogens is 252 g/mol. The van der Waals surface area contributed by atoms with Crippen LogP contribution in [0, 0.1) is 18.3 Å². The maximum atomic E-state index is 8.96. The van der Waals surface area contributed by atoms with E-state index < -0.39 is 0 Å². The zero-order chi connectivity index (χ0) is 13.8. The first-order valence-corrected chi connectivity index (χ1v) is 7.31. The molecule has 0 saturated heterocycles. The molecule has 0 spiro atoms. The topological polar surface area (TPSA) is 35.8 Å². The van der Waals surface area contributed by atoms with Gasteiger partial charge in [-0.25, -0.2) is 0 Å². The third kappa shape index (κ3) is 3.15. The molecule has 2 rings (SSSR count). The number of benzene rings is 1. The first-order valence-electron chi connectivity index (χ1n) is 6.50. The van der Waals surface area contributed by atoms with Crippen LogP contribution in [-0.4, -0.2) is 0 Å². The number of nitriles is 1. The van der Waals surface area contributed by atoms with E-state index in [9.17, 15) is 0 Å². The summed E-state index contributed by atoms with van der Waals surface area (Å²) in [5, 5.41) is 12.5. The molecule has 2 nitrogen and oxygen atoms in total. The lowest BCUT2D eigenvalue weighted by molar-refractivity contribution is 0.905. The molecule has 1 heterocycles. The Balaban J connectivity index is 2.18. The van der Waals surface area contributed by atoms with Crippen molar-refractivity contribution in [3.63, 3.8) is 0 Å². The van der Waals surface area contributed by atoms with E-state index in [1.54, 1.807) is 0 Å². The summed E-state index contributed by atoms with van der Waals surface area (Å²) in [7, 11) is 0. The van der Waals surface area contributed by atoms with Gasteiger partial charge in [0.25, 0.3) is 0 Å². The Bertz CT molecular complexity index is 607. The Hall–Kier alpha value is -1.79. The molecule has 0 aliphatic carbocycles. The fraction of sp³-hybridized carbons (Fsp3) is 0.312. The van der Waals surface area contributed by atoms with Crippen LogP contribution < -0.4 is 5.32 Å². The molecule has 1 aromatic heterocycles. The van der Waals surface area contributed by atoms with E-state index >= 15 is 0 Å². The predicted octanol–water partition coefficient (Wildman–Crippen LogP) is 4.66. The molecule has 0 aliphatic heterocycles. The number of nitrogens with zero attached hydrogens (tertiary/aromatic N) is 1. The summed E-state index contributed by atoms with van der Waals surface area (Å²) in [6, 6.07) is 12.6. The molecule has 0 amide bonds. The van der Waals surface area contributed by atoms with Crippen molar-refractivity contribution in [2.75, 3.05) is 5.32 Å². The van der Waals surface area contributed by atoms with Gasteiger partial charge in [0.15, 0.2) is 0 Å². The number of hydrogen-bond donors (Lipinski definition) is 1. The summed E-state index contributed by atoms with van der Waals surface area (Å²) in [6.07, 6.45) is 1.08. The van der Waals surface area contributed by atoms with Crippen molar-refractivity contribution in [3.8, 4) is 6.07 Å². The summed E-state index contributed by atoms with van der Waals surface area (Å²) >= 11 is 1.85. The smallest absolute Gasteiger partial charge is 0.0992 e. The van der Waals surface area contributed by atoms with Crippen LogP contribution in [0.4, 0.5) is 5.69 Å². The number of rotatable bonds is 4. The standard InChI is InChI=1S/C16H18N2S/c1-4-14-7-8-16(19-14)12(3)18-15-9-13(10-17)6-5-11(15)2/h5-9,12,18H,4H2,1-3H3. The van der Waals surface area contributed by atoms with E-state index in [-0.39, 0.29) is 6.04 Å². The van der Waals surface area contributed by atoms with E-state index in [0.717, 1.165) is 17.7 Å². The average molecular weight is 270 g/mol. The number of aryl methyl sites for hydroxylation is 2. The van der Waals surface area contributed by atoms with Gasteiger partial charge in [-0.3, -0.25) is 0 Å². The maximum absolute atomic E-state index is 8.96. The molecule has 0 bridgehead atoms. The average Bonchev–Trinajstić information content (AvgIpc) is 2.90. The second kappa shape index (κ2) is 5.90. The fourth-order valence-electron chi connectivity index (χ4n) is 1.97. The summed E-state index contributed by atoms with van der Waals surface area (Å²) < 4.78 is 0. The van der Waals surface area contributed by atoms with Crippen LogP contribution in [-0.2, 0) is 6.42 Å². The molecule has 1 aromatic carbocycles. The van der Waals surface area contributed by atoms with Crippen LogP contribution in [0.5, 0.6) is 0 Å². The van der Waals surface area contributed by atoms with Crippen molar-refractivity contribution in [2.45, 2.75) is 33.2 Å². The van der Waals surface area contributed by atoms with E-state index in [0.29, 0.717) is 5.56 Å². The van der Waals surface area contributed by atoms with Crippen LogP contribution in [0.3, 0.4) is 0 Å². The molecular formula is C16H18N2S. The van der Waals surface area contributed by atoms with Gasteiger partial charge < -0.3 is 5.32 Å². The SMILES string of the molecule is CCc1ccc(C(C)Nc2cc(C#N)ccc2C)s1. The van der Waals surface area contributed by atoms with Gasteiger partial charge in [0, 0.05) is 15.4 Å². The first kappa shape index (κ1) is 13.6. The highest BCUT2D eigenvalue weighted by atomic mass is 32.1. The van der Waals surface area contributed by atoms with Crippen LogP contribution in [0.2, 0.25) is 0 Å². The molecule has 0 aliphatic rings. The van der Waals surface area contributed by atoms with Gasteiger partial charge in [-0.05, 0) is 50.1 Å². The summed E-state index contributed by atoms with van der Waals surface area (Å²) in [5.74, 6) is 0. The number of anilines is 1. The minimum absolute atomic E-state index is 0.262. The molecule has 0 saturated carbocycles. The van der Waals surface area contributed by atoms with Crippen molar-refractivity contribution in [2.24, 2.45) is 0 Å². The highest BCUT2D eigenvalue weighted by Gasteiger charge is 2.10. The van der Waals surface area contributed by atoms with Crippen LogP contribution >= 0.6 is 11.3 Å². The van der Waals surface area contributed by atoms with Crippen molar-refractivity contribution < 1.29 is 0 Å². The van der Waals surface area contributed by atoms with Gasteiger partial charge in [-0.2, -0.15) is 5.26 Å². The minimum atomic E-state index is 0.262. The highest BCUT2D eigenvalue weighted by molar-refractivity contribution is 7.12. The molecule has 0 fully saturated rings. The second-order valence-corrected chi connectivity index (χ2v) is 5.87. The lowest BCUT2D eigenvalue weighted by Crippen LogP contribution is -2.06. The second-order valence-electron chi connectivity index (χ2n) is 4.67. The summed E-state index contributed by atoms with van der Waals surface area (Å²) in [5.41, 5.74) is 2.90. The quantitative estimate of drug-likeness (QED) is 0.876. The van der Waals surface area contributed by atoms with Gasteiger partial charge in [0.05, 0.1) is 17.7 Å². The molecule has 1 N–H and O–H groups in total. The molecule has 0 radical (unpaired) electrons. The van der Waals surface area contributed by atoms with Crippen LogP contribution in [0.15, 0.2) is 30.3 Å². The Morgan fingerprint density at radius 2 is 2.11 bits per heavy atom. The van der Waals surface area contributed by atoms with E-state index in [4.69, 9.17) is 5.26 Å². The molecule has 2 aromatic rings. The van der Waals surface area contributed by atoms with Crippen molar-refractivity contribution >= 4 is 17.0 Å².